The first-order chi connectivity index (χ1) is 8.25. The molecule has 0 aliphatic rings. The second-order valence-electron chi connectivity index (χ2n) is 4.10. The van der Waals surface area contributed by atoms with E-state index >= 15 is 0 Å². The molecule has 18 heavy (non-hydrogen) atoms. The number of rotatable bonds is 5. The van der Waals surface area contributed by atoms with Crippen molar-refractivity contribution in [3.63, 3.8) is 0 Å². The van der Waals surface area contributed by atoms with Crippen LogP contribution >= 0.6 is 0 Å². The molecule has 1 atom stereocenters. The average molecular weight is 290 g/mol. The monoisotopic (exact) mass is 290 g/mol. The molecule has 0 aliphatic heterocycles. The summed E-state index contributed by atoms with van der Waals surface area (Å²) in [5.41, 5.74) is 7.46. The Kier molecular flexibility index (Phi) is 4.89. The predicted octanol–water partition coefficient (Wildman–Crippen LogP) is 0.542. The Morgan fingerprint density at radius 2 is 1.94 bits per heavy atom. The van der Waals surface area contributed by atoms with Crippen LogP contribution in [0.25, 0.3) is 0 Å². The van der Waals surface area contributed by atoms with Gasteiger partial charge in [0.15, 0.2) is 0 Å². The molecule has 1 rings (SSSR count). The van der Waals surface area contributed by atoms with Crippen molar-refractivity contribution in [2.24, 2.45) is 0 Å². The largest absolute Gasteiger partial charge is 0.398 e. The number of hydrogen-bond donors (Lipinski definition) is 2. The Balaban J connectivity index is 3.05. The van der Waals surface area contributed by atoms with Gasteiger partial charge in [-0.1, -0.05) is 6.07 Å². The van der Waals surface area contributed by atoms with Gasteiger partial charge in [0.05, 0.1) is 5.69 Å². The fraction of sp³-hybridized carbons (Fsp3) is 0.455. The highest BCUT2D eigenvalue weighted by atomic mass is 32.2. The van der Waals surface area contributed by atoms with Crippen LogP contribution in [0.2, 0.25) is 0 Å². The summed E-state index contributed by atoms with van der Waals surface area (Å²) >= 11 is 0. The number of nitrogens with one attached hydrogen (secondary N) is 1. The van der Waals surface area contributed by atoms with Crippen LogP contribution in [0.3, 0.4) is 0 Å². The van der Waals surface area contributed by atoms with Gasteiger partial charge < -0.3 is 5.73 Å². The van der Waals surface area contributed by atoms with Crippen molar-refractivity contribution >= 4 is 26.5 Å². The lowest BCUT2D eigenvalue weighted by Crippen LogP contribution is -2.29. The Morgan fingerprint density at radius 1 is 1.33 bits per heavy atom. The van der Waals surface area contributed by atoms with Crippen LogP contribution in [0.4, 0.5) is 5.69 Å². The van der Waals surface area contributed by atoms with Crippen molar-refractivity contribution < 1.29 is 12.6 Å². The van der Waals surface area contributed by atoms with Crippen LogP contribution in [-0.4, -0.2) is 31.2 Å². The summed E-state index contributed by atoms with van der Waals surface area (Å²) in [6, 6.07) is 3.36. The summed E-state index contributed by atoms with van der Waals surface area (Å²) in [6.45, 7) is 3.69. The molecule has 0 amide bonds. The molecule has 0 aromatic heterocycles. The summed E-state index contributed by atoms with van der Waals surface area (Å²) in [4.78, 5) is 0.115. The van der Waals surface area contributed by atoms with Crippen molar-refractivity contribution in [3.05, 3.63) is 23.3 Å². The molecule has 0 bridgehead atoms. The fourth-order valence-corrected chi connectivity index (χ4v) is 3.54. The normalized spacial score (nSPS) is 13.5. The molecule has 1 aromatic carbocycles. The SMILES string of the molecule is Cc1ccc(N)c(S(=O)(=O)NCCS(C)=O)c1C. The van der Waals surface area contributed by atoms with Crippen LogP contribution < -0.4 is 10.5 Å². The second kappa shape index (κ2) is 5.81. The van der Waals surface area contributed by atoms with E-state index in [0.29, 0.717) is 5.56 Å². The maximum atomic E-state index is 12.1. The third-order valence-corrected chi connectivity index (χ3v) is 5.10. The highest BCUT2D eigenvalue weighted by molar-refractivity contribution is 7.89. The van der Waals surface area contributed by atoms with Gasteiger partial charge in [-0.15, -0.1) is 0 Å². The molecule has 1 aromatic rings. The molecule has 0 saturated heterocycles. The van der Waals surface area contributed by atoms with Crippen molar-refractivity contribution in [1.82, 2.24) is 4.72 Å². The van der Waals surface area contributed by atoms with Gasteiger partial charge in [-0.05, 0) is 31.0 Å². The molecular weight excluding hydrogens is 272 g/mol. The average Bonchev–Trinajstić information content (AvgIpc) is 2.23. The van der Waals surface area contributed by atoms with E-state index in [0.717, 1.165) is 5.56 Å². The van der Waals surface area contributed by atoms with E-state index in [2.05, 4.69) is 4.72 Å². The van der Waals surface area contributed by atoms with Crippen LogP contribution in [0, 0.1) is 13.8 Å². The Morgan fingerprint density at radius 3 is 2.50 bits per heavy atom. The minimum absolute atomic E-state index is 0.115. The zero-order valence-electron chi connectivity index (χ0n) is 10.7. The number of benzene rings is 1. The molecule has 0 fully saturated rings. The standard InChI is InChI=1S/C11H18N2O3S2/c1-8-4-5-10(12)11(9(8)2)18(15,16)13-6-7-17(3)14/h4-5,13H,6-7,12H2,1-3H3. The van der Waals surface area contributed by atoms with E-state index in [-0.39, 0.29) is 22.9 Å². The highest BCUT2D eigenvalue weighted by Gasteiger charge is 2.20. The molecule has 0 radical (unpaired) electrons. The van der Waals surface area contributed by atoms with Gasteiger partial charge in [-0.3, -0.25) is 4.21 Å². The number of aryl methyl sites for hydroxylation is 1. The van der Waals surface area contributed by atoms with Gasteiger partial charge >= 0.3 is 0 Å². The van der Waals surface area contributed by atoms with E-state index in [1.54, 1.807) is 19.1 Å². The zero-order chi connectivity index (χ0) is 13.9. The number of nitrogen functional groups attached to an aromatic ring is 1. The number of anilines is 1. The summed E-state index contributed by atoms with van der Waals surface area (Å²) in [5, 5.41) is 0. The molecule has 0 saturated carbocycles. The molecule has 102 valence electrons. The highest BCUT2D eigenvalue weighted by Crippen LogP contribution is 2.24. The van der Waals surface area contributed by atoms with Gasteiger partial charge in [0, 0.05) is 29.4 Å². The van der Waals surface area contributed by atoms with Gasteiger partial charge in [0.2, 0.25) is 10.0 Å². The quantitative estimate of drug-likeness (QED) is 0.775. The molecule has 7 heteroatoms. The lowest BCUT2D eigenvalue weighted by atomic mass is 10.1. The summed E-state index contributed by atoms with van der Waals surface area (Å²) in [6.07, 6.45) is 1.53. The summed E-state index contributed by atoms with van der Waals surface area (Å²) < 4.78 is 37.6. The minimum Gasteiger partial charge on any atom is -0.398 e. The van der Waals surface area contributed by atoms with Crippen molar-refractivity contribution in [3.8, 4) is 0 Å². The van der Waals surface area contributed by atoms with E-state index < -0.39 is 20.8 Å². The smallest absolute Gasteiger partial charge is 0.242 e. The van der Waals surface area contributed by atoms with Crippen molar-refractivity contribution in [2.75, 3.05) is 24.3 Å². The number of sulfonamides is 1. The van der Waals surface area contributed by atoms with E-state index in [1.807, 2.05) is 6.92 Å². The molecule has 1 unspecified atom stereocenters. The first-order valence-corrected chi connectivity index (χ1v) is 8.62. The van der Waals surface area contributed by atoms with Crippen molar-refractivity contribution in [2.45, 2.75) is 18.7 Å². The molecule has 5 nitrogen and oxygen atoms in total. The maximum absolute atomic E-state index is 12.1. The molecule has 0 spiro atoms. The van der Waals surface area contributed by atoms with Gasteiger partial charge in [0.25, 0.3) is 0 Å². The second-order valence-corrected chi connectivity index (χ2v) is 7.36. The van der Waals surface area contributed by atoms with E-state index in [1.165, 1.54) is 6.26 Å². The van der Waals surface area contributed by atoms with Crippen LogP contribution in [-0.2, 0) is 20.8 Å². The Labute approximate surface area is 110 Å². The summed E-state index contributed by atoms with van der Waals surface area (Å²) in [7, 11) is -4.68. The third-order valence-electron chi connectivity index (χ3n) is 2.66. The molecule has 0 aliphatic carbocycles. The first kappa shape index (κ1) is 15.1. The minimum atomic E-state index is -3.65. The number of nitrogens with two attached hydrogens (primary N) is 1. The van der Waals surface area contributed by atoms with Crippen molar-refractivity contribution in [1.29, 1.82) is 0 Å². The van der Waals surface area contributed by atoms with Crippen LogP contribution in [0.5, 0.6) is 0 Å². The van der Waals surface area contributed by atoms with Gasteiger partial charge in [0.1, 0.15) is 4.90 Å². The van der Waals surface area contributed by atoms with Gasteiger partial charge in [-0.2, -0.15) is 0 Å². The lowest BCUT2D eigenvalue weighted by molar-refractivity contribution is 0.583. The lowest BCUT2D eigenvalue weighted by Gasteiger charge is -2.13. The summed E-state index contributed by atoms with van der Waals surface area (Å²) in [5.74, 6) is 0.282. The third kappa shape index (κ3) is 3.54. The molecular formula is C11H18N2O3S2. The Bertz CT molecular complexity index is 568. The van der Waals surface area contributed by atoms with Gasteiger partial charge in [-0.25, -0.2) is 13.1 Å². The molecule has 0 heterocycles. The van der Waals surface area contributed by atoms with Crippen LogP contribution in [0.15, 0.2) is 17.0 Å². The maximum Gasteiger partial charge on any atom is 0.242 e. The first-order valence-electron chi connectivity index (χ1n) is 5.41. The van der Waals surface area contributed by atoms with Crippen LogP contribution in [0.1, 0.15) is 11.1 Å². The number of hydrogen-bond acceptors (Lipinski definition) is 4. The zero-order valence-corrected chi connectivity index (χ0v) is 12.3. The fourth-order valence-electron chi connectivity index (χ4n) is 1.56. The Hall–Kier alpha value is -0.920. The molecule has 3 N–H and O–H groups in total. The predicted molar refractivity (Wildman–Crippen MR) is 74.5 cm³/mol. The van der Waals surface area contributed by atoms with E-state index in [4.69, 9.17) is 5.73 Å². The van der Waals surface area contributed by atoms with E-state index in [9.17, 15) is 12.6 Å². The topological polar surface area (TPSA) is 89.3 Å².